The largest absolute Gasteiger partial charge is 0.306 e. The fourth-order valence-corrected chi connectivity index (χ4v) is 3.08. The van der Waals surface area contributed by atoms with E-state index in [0.717, 1.165) is 13.0 Å². The number of hydrogen-bond acceptors (Lipinski definition) is 3. The summed E-state index contributed by atoms with van der Waals surface area (Å²) in [6.45, 7) is 14.8. The van der Waals surface area contributed by atoms with Crippen LogP contribution < -0.4 is 5.32 Å². The summed E-state index contributed by atoms with van der Waals surface area (Å²) in [6.07, 6.45) is 3.48. The molecule has 1 aliphatic heterocycles. The molecule has 0 aromatic carbocycles. The highest BCUT2D eigenvalue weighted by Gasteiger charge is 2.34. The maximum Gasteiger partial charge on any atom is 0.155 e. The molecular weight excluding hydrogens is 248 g/mol. The van der Waals surface area contributed by atoms with E-state index >= 15 is 0 Å². The topological polar surface area (TPSA) is 32.3 Å². The van der Waals surface area contributed by atoms with Crippen molar-refractivity contribution in [3.8, 4) is 0 Å². The fraction of sp³-hybridized carbons (Fsp3) is 0.941. The summed E-state index contributed by atoms with van der Waals surface area (Å²) in [5.41, 5.74) is -0.296. The zero-order chi connectivity index (χ0) is 15.6. The molecule has 2 atom stereocenters. The van der Waals surface area contributed by atoms with Crippen molar-refractivity contribution >= 4 is 5.78 Å². The summed E-state index contributed by atoms with van der Waals surface area (Å²) >= 11 is 0. The first-order valence-corrected chi connectivity index (χ1v) is 7.99. The summed E-state index contributed by atoms with van der Waals surface area (Å²) in [7, 11) is 2.18. The lowest BCUT2D eigenvalue weighted by Gasteiger charge is -2.36. The molecule has 1 aliphatic rings. The number of Topliss-reactive ketones (excluding diaryl/α,β-unsaturated/α-hetero) is 1. The van der Waals surface area contributed by atoms with Crippen LogP contribution in [-0.4, -0.2) is 42.4 Å². The van der Waals surface area contributed by atoms with Crippen molar-refractivity contribution in [1.82, 2.24) is 10.2 Å². The number of hydrogen-bond donors (Lipinski definition) is 1. The van der Waals surface area contributed by atoms with Crippen molar-refractivity contribution < 1.29 is 4.79 Å². The van der Waals surface area contributed by atoms with Gasteiger partial charge in [-0.25, -0.2) is 0 Å². The van der Waals surface area contributed by atoms with Crippen LogP contribution in [-0.2, 0) is 4.79 Å². The zero-order valence-electron chi connectivity index (χ0n) is 14.5. The number of carbonyl (C=O) groups is 1. The maximum atomic E-state index is 12.7. The molecule has 2 unspecified atom stereocenters. The highest BCUT2D eigenvalue weighted by atomic mass is 16.1. The molecule has 3 heteroatoms. The van der Waals surface area contributed by atoms with Crippen molar-refractivity contribution in [2.45, 2.75) is 72.4 Å². The molecule has 1 rings (SSSR count). The summed E-state index contributed by atoms with van der Waals surface area (Å²) < 4.78 is 0. The Morgan fingerprint density at radius 3 is 2.30 bits per heavy atom. The van der Waals surface area contributed by atoms with Crippen LogP contribution in [0.3, 0.4) is 0 Å². The first-order chi connectivity index (χ1) is 8.99. The van der Waals surface area contributed by atoms with Gasteiger partial charge in [0.2, 0.25) is 0 Å². The minimum Gasteiger partial charge on any atom is -0.306 e. The molecule has 0 bridgehead atoms. The molecule has 1 heterocycles. The zero-order valence-corrected chi connectivity index (χ0v) is 14.5. The van der Waals surface area contributed by atoms with Crippen LogP contribution in [0, 0.1) is 11.3 Å². The second-order valence-electron chi connectivity index (χ2n) is 8.57. The van der Waals surface area contributed by atoms with Crippen molar-refractivity contribution in [1.29, 1.82) is 0 Å². The Hall–Kier alpha value is -0.410. The molecular formula is C17H34N2O. The minimum absolute atomic E-state index is 0.0217. The molecule has 118 valence electrons. The predicted octanol–water partition coefficient (Wildman–Crippen LogP) is 3.09. The number of nitrogens with zero attached hydrogens (tertiary/aromatic N) is 1. The lowest BCUT2D eigenvalue weighted by molar-refractivity contribution is -0.129. The standard InChI is InChI=1S/C17H34N2O/c1-16(2,3)15(20)14(18-17(4,5)6)11-13-9-8-10-19(7)12-13/h13-14,18H,8-12H2,1-7H3. The van der Waals surface area contributed by atoms with E-state index in [1.54, 1.807) is 0 Å². The quantitative estimate of drug-likeness (QED) is 0.860. The van der Waals surface area contributed by atoms with Gasteiger partial charge >= 0.3 is 0 Å². The van der Waals surface area contributed by atoms with Crippen LogP contribution in [0.2, 0.25) is 0 Å². The van der Waals surface area contributed by atoms with Crippen molar-refractivity contribution in [2.24, 2.45) is 11.3 Å². The smallest absolute Gasteiger partial charge is 0.155 e. The third-order valence-electron chi connectivity index (χ3n) is 3.95. The van der Waals surface area contributed by atoms with Crippen LogP contribution >= 0.6 is 0 Å². The maximum absolute atomic E-state index is 12.7. The van der Waals surface area contributed by atoms with Crippen LogP contribution in [0.25, 0.3) is 0 Å². The van der Waals surface area contributed by atoms with Crippen LogP contribution in [0.5, 0.6) is 0 Å². The van der Waals surface area contributed by atoms with Gasteiger partial charge in [-0.2, -0.15) is 0 Å². The molecule has 0 saturated carbocycles. The monoisotopic (exact) mass is 282 g/mol. The van der Waals surface area contributed by atoms with Crippen molar-refractivity contribution in [2.75, 3.05) is 20.1 Å². The molecule has 20 heavy (non-hydrogen) atoms. The van der Waals surface area contributed by atoms with E-state index in [9.17, 15) is 4.79 Å². The van der Waals surface area contributed by atoms with Gasteiger partial charge in [0.05, 0.1) is 6.04 Å². The Balaban J connectivity index is 2.74. The molecule has 0 aromatic rings. The minimum atomic E-state index is -0.274. The van der Waals surface area contributed by atoms with Crippen LogP contribution in [0.4, 0.5) is 0 Å². The lowest BCUT2D eigenvalue weighted by atomic mass is 9.80. The molecule has 1 N–H and O–H groups in total. The second-order valence-corrected chi connectivity index (χ2v) is 8.57. The molecule has 1 fully saturated rings. The van der Waals surface area contributed by atoms with E-state index in [1.165, 1.54) is 19.4 Å². The number of piperidine rings is 1. The van der Waals surface area contributed by atoms with Crippen LogP contribution in [0.15, 0.2) is 0 Å². The molecule has 0 radical (unpaired) electrons. The number of ketones is 1. The van der Waals surface area contributed by atoms with Crippen LogP contribution in [0.1, 0.15) is 60.8 Å². The van der Waals surface area contributed by atoms with Crippen molar-refractivity contribution in [3.63, 3.8) is 0 Å². The van der Waals surface area contributed by atoms with E-state index in [4.69, 9.17) is 0 Å². The first kappa shape index (κ1) is 17.6. The molecule has 0 aromatic heterocycles. The third-order valence-corrected chi connectivity index (χ3v) is 3.95. The summed E-state index contributed by atoms with van der Waals surface area (Å²) in [4.78, 5) is 15.1. The number of carbonyl (C=O) groups excluding carboxylic acids is 1. The normalized spacial score (nSPS) is 23.6. The predicted molar refractivity (Wildman–Crippen MR) is 86.0 cm³/mol. The number of nitrogens with one attached hydrogen (secondary N) is 1. The Bertz CT molecular complexity index is 325. The van der Waals surface area contributed by atoms with E-state index in [-0.39, 0.29) is 17.0 Å². The van der Waals surface area contributed by atoms with Gasteiger partial charge in [0, 0.05) is 17.5 Å². The molecule has 0 amide bonds. The van der Waals surface area contributed by atoms with Gasteiger partial charge in [-0.05, 0) is 59.5 Å². The second kappa shape index (κ2) is 6.57. The van der Waals surface area contributed by atoms with E-state index in [0.29, 0.717) is 11.7 Å². The Kier molecular flexibility index (Phi) is 5.79. The molecule has 0 aliphatic carbocycles. The Morgan fingerprint density at radius 2 is 1.85 bits per heavy atom. The summed E-state index contributed by atoms with van der Waals surface area (Å²) in [6, 6.07) is -0.0218. The first-order valence-electron chi connectivity index (χ1n) is 7.99. The number of rotatable bonds is 4. The molecule has 1 saturated heterocycles. The average Bonchev–Trinajstić information content (AvgIpc) is 2.24. The van der Waals surface area contributed by atoms with Gasteiger partial charge in [-0.15, -0.1) is 0 Å². The molecule has 0 spiro atoms. The summed E-state index contributed by atoms with van der Waals surface area (Å²) in [5.74, 6) is 0.987. The summed E-state index contributed by atoms with van der Waals surface area (Å²) in [5, 5.41) is 3.56. The SMILES string of the molecule is CN1CCCC(CC(NC(C)(C)C)C(=O)C(C)(C)C)C1. The van der Waals surface area contributed by atoms with Gasteiger partial charge in [-0.3, -0.25) is 4.79 Å². The average molecular weight is 282 g/mol. The number of likely N-dealkylation sites (tertiary alicyclic amines) is 1. The molecule has 3 nitrogen and oxygen atoms in total. The van der Waals surface area contributed by atoms with E-state index in [1.807, 2.05) is 20.8 Å². The lowest BCUT2D eigenvalue weighted by Crippen LogP contribution is -2.52. The highest BCUT2D eigenvalue weighted by molar-refractivity contribution is 5.88. The van der Waals surface area contributed by atoms with Gasteiger partial charge in [0.15, 0.2) is 5.78 Å². The van der Waals surface area contributed by atoms with Gasteiger partial charge in [-0.1, -0.05) is 20.8 Å². The van der Waals surface area contributed by atoms with Gasteiger partial charge in [0.1, 0.15) is 0 Å². The fourth-order valence-electron chi connectivity index (χ4n) is 3.08. The highest BCUT2D eigenvalue weighted by Crippen LogP contribution is 2.26. The van der Waals surface area contributed by atoms with E-state index < -0.39 is 0 Å². The van der Waals surface area contributed by atoms with Gasteiger partial charge < -0.3 is 10.2 Å². The Labute approximate surface area is 125 Å². The van der Waals surface area contributed by atoms with E-state index in [2.05, 4.69) is 38.0 Å². The van der Waals surface area contributed by atoms with Gasteiger partial charge in [0.25, 0.3) is 0 Å². The van der Waals surface area contributed by atoms with Crippen molar-refractivity contribution in [3.05, 3.63) is 0 Å². The Morgan fingerprint density at radius 1 is 1.25 bits per heavy atom. The third kappa shape index (κ3) is 5.92.